The number of carbonyl (C=O) groups excluding carboxylic acids is 2. The second-order valence-corrected chi connectivity index (χ2v) is 7.73. The maximum atomic E-state index is 12.9. The van der Waals surface area contributed by atoms with E-state index in [1.54, 1.807) is 19.1 Å². The number of halogens is 1. The van der Waals surface area contributed by atoms with Gasteiger partial charge in [0.15, 0.2) is 5.96 Å². The van der Waals surface area contributed by atoms with Crippen LogP contribution in [-0.4, -0.2) is 28.1 Å². The van der Waals surface area contributed by atoms with E-state index in [2.05, 4.69) is 4.99 Å². The number of rotatable bonds is 8. The predicted molar refractivity (Wildman–Crippen MR) is 111 cm³/mol. The fourth-order valence-corrected chi connectivity index (χ4v) is 3.54. The van der Waals surface area contributed by atoms with Gasteiger partial charge < -0.3 is 5.73 Å². The lowest BCUT2D eigenvalue weighted by atomic mass is 9.93. The van der Waals surface area contributed by atoms with Gasteiger partial charge in [0.1, 0.15) is 11.3 Å². The van der Waals surface area contributed by atoms with Crippen LogP contribution in [0.1, 0.15) is 37.3 Å². The van der Waals surface area contributed by atoms with Crippen molar-refractivity contribution in [3.63, 3.8) is 0 Å². The number of aryl methyl sites for hydroxylation is 1. The second-order valence-electron chi connectivity index (χ2n) is 7.29. The van der Waals surface area contributed by atoms with Gasteiger partial charge in [-0.05, 0) is 43.0 Å². The molecule has 0 spiro atoms. The van der Waals surface area contributed by atoms with E-state index in [-0.39, 0.29) is 17.6 Å². The first-order valence-electron chi connectivity index (χ1n) is 9.35. The number of Topliss-reactive ketones (excluding diaryl/α,β-unsaturated/α-hetero) is 1. The molecule has 1 aliphatic heterocycles. The molecule has 6 heteroatoms. The van der Waals surface area contributed by atoms with Crippen LogP contribution >= 0.6 is 11.6 Å². The molecule has 2 N–H and O–H groups in total. The van der Waals surface area contributed by atoms with E-state index >= 15 is 0 Å². The van der Waals surface area contributed by atoms with Gasteiger partial charge in [-0.25, -0.2) is 4.99 Å². The molecule has 0 fully saturated rings. The van der Waals surface area contributed by atoms with Gasteiger partial charge in [0.25, 0.3) is 5.91 Å². The standard InChI is InChI=1S/C22H24ClN3O2/c1-22(13-12-19(27)11-10-16-6-3-2-4-7-16)20(28)26(21(24)25-22)15-17-8-5-9-18(23)14-17/h2-9,14H,10-13,15H2,1H3,(H2,24,25). The van der Waals surface area contributed by atoms with Crippen LogP contribution in [0.3, 0.4) is 0 Å². The number of guanidine groups is 1. The van der Waals surface area contributed by atoms with E-state index < -0.39 is 5.54 Å². The average molecular weight is 398 g/mol. The fourth-order valence-electron chi connectivity index (χ4n) is 3.33. The molecule has 0 radical (unpaired) electrons. The summed E-state index contributed by atoms with van der Waals surface area (Å²) in [5.74, 6) is 0.130. The third-order valence-electron chi connectivity index (χ3n) is 5.00. The lowest BCUT2D eigenvalue weighted by molar-refractivity contribution is -0.131. The topological polar surface area (TPSA) is 75.8 Å². The Kier molecular flexibility index (Phi) is 6.15. The number of amides is 1. The number of hydrogen-bond acceptors (Lipinski definition) is 4. The fraction of sp³-hybridized carbons (Fsp3) is 0.318. The van der Waals surface area contributed by atoms with Crippen molar-refractivity contribution < 1.29 is 9.59 Å². The highest BCUT2D eigenvalue weighted by Gasteiger charge is 2.43. The summed E-state index contributed by atoms with van der Waals surface area (Å²) in [7, 11) is 0. The normalized spacial score (nSPS) is 19.0. The van der Waals surface area contributed by atoms with Gasteiger partial charge >= 0.3 is 0 Å². The van der Waals surface area contributed by atoms with Gasteiger partial charge in [-0.15, -0.1) is 0 Å². The molecule has 146 valence electrons. The van der Waals surface area contributed by atoms with Gasteiger partial charge in [0.05, 0.1) is 6.54 Å². The summed E-state index contributed by atoms with van der Waals surface area (Å²) in [5.41, 5.74) is 7.02. The summed E-state index contributed by atoms with van der Waals surface area (Å²) in [6, 6.07) is 17.2. The number of ketones is 1. The molecule has 2 aromatic carbocycles. The second kappa shape index (κ2) is 8.57. The highest BCUT2D eigenvalue weighted by atomic mass is 35.5. The van der Waals surface area contributed by atoms with Crippen molar-refractivity contribution in [2.45, 2.75) is 44.7 Å². The lowest BCUT2D eigenvalue weighted by Gasteiger charge is -2.22. The highest BCUT2D eigenvalue weighted by molar-refractivity contribution is 6.30. The van der Waals surface area contributed by atoms with Crippen LogP contribution in [-0.2, 0) is 22.6 Å². The molecular formula is C22H24ClN3O2. The van der Waals surface area contributed by atoms with Gasteiger partial charge in [0.2, 0.25) is 0 Å². The number of nitrogens with zero attached hydrogens (tertiary/aromatic N) is 2. The van der Waals surface area contributed by atoms with Crippen molar-refractivity contribution in [2.75, 3.05) is 0 Å². The molecule has 0 saturated carbocycles. The number of benzene rings is 2. The van der Waals surface area contributed by atoms with Crippen LogP contribution in [0.4, 0.5) is 0 Å². The summed E-state index contributed by atoms with van der Waals surface area (Å²) in [5, 5.41) is 0.603. The van der Waals surface area contributed by atoms with Crippen LogP contribution in [0, 0.1) is 0 Å². The zero-order valence-corrected chi connectivity index (χ0v) is 16.7. The van der Waals surface area contributed by atoms with Crippen molar-refractivity contribution in [1.82, 2.24) is 4.90 Å². The maximum absolute atomic E-state index is 12.9. The van der Waals surface area contributed by atoms with E-state index in [1.807, 2.05) is 42.5 Å². The predicted octanol–water partition coefficient (Wildman–Crippen LogP) is 3.74. The number of aliphatic imine (C=N–C) groups is 1. The maximum Gasteiger partial charge on any atom is 0.257 e. The van der Waals surface area contributed by atoms with Crippen LogP contribution in [0.25, 0.3) is 0 Å². The monoisotopic (exact) mass is 397 g/mol. The molecule has 1 heterocycles. The smallest absolute Gasteiger partial charge is 0.257 e. The molecule has 0 bridgehead atoms. The molecule has 0 aromatic heterocycles. The minimum Gasteiger partial charge on any atom is -0.369 e. The Labute approximate surface area is 170 Å². The summed E-state index contributed by atoms with van der Waals surface area (Å²) >= 11 is 6.02. The minimum atomic E-state index is -0.995. The molecule has 2 aromatic rings. The molecule has 1 amide bonds. The number of hydrogen-bond donors (Lipinski definition) is 1. The number of carbonyl (C=O) groups is 2. The largest absolute Gasteiger partial charge is 0.369 e. The molecule has 3 rings (SSSR count). The Bertz CT molecular complexity index is 898. The van der Waals surface area contributed by atoms with E-state index in [4.69, 9.17) is 17.3 Å². The Morgan fingerprint density at radius 2 is 1.82 bits per heavy atom. The lowest BCUT2D eigenvalue weighted by Crippen LogP contribution is -2.42. The summed E-state index contributed by atoms with van der Waals surface area (Å²) in [4.78, 5) is 31.0. The average Bonchev–Trinajstić information content (AvgIpc) is 2.89. The van der Waals surface area contributed by atoms with Crippen LogP contribution in [0.15, 0.2) is 59.6 Å². The number of nitrogens with two attached hydrogens (primary N) is 1. The molecule has 1 atom stereocenters. The van der Waals surface area contributed by atoms with E-state index in [0.29, 0.717) is 37.3 Å². The van der Waals surface area contributed by atoms with Gasteiger partial charge in [-0.2, -0.15) is 0 Å². The molecule has 1 aliphatic rings. The van der Waals surface area contributed by atoms with Crippen molar-refractivity contribution >= 4 is 29.3 Å². The molecule has 28 heavy (non-hydrogen) atoms. The van der Waals surface area contributed by atoms with Crippen molar-refractivity contribution in [2.24, 2.45) is 10.7 Å². The van der Waals surface area contributed by atoms with Crippen molar-refractivity contribution in [1.29, 1.82) is 0 Å². The van der Waals surface area contributed by atoms with E-state index in [1.165, 1.54) is 4.90 Å². The Balaban J connectivity index is 1.56. The Morgan fingerprint density at radius 1 is 1.11 bits per heavy atom. The zero-order chi connectivity index (χ0) is 20.1. The van der Waals surface area contributed by atoms with Crippen molar-refractivity contribution in [3.8, 4) is 0 Å². The van der Waals surface area contributed by atoms with Gasteiger partial charge in [-0.3, -0.25) is 14.5 Å². The zero-order valence-electron chi connectivity index (χ0n) is 15.9. The van der Waals surface area contributed by atoms with E-state index in [0.717, 1.165) is 11.1 Å². The first-order chi connectivity index (χ1) is 13.4. The Hall–Kier alpha value is -2.66. The minimum absolute atomic E-state index is 0.125. The van der Waals surface area contributed by atoms with Crippen LogP contribution in [0.5, 0.6) is 0 Å². The summed E-state index contributed by atoms with van der Waals surface area (Å²) in [6.45, 7) is 2.05. The summed E-state index contributed by atoms with van der Waals surface area (Å²) < 4.78 is 0. The summed E-state index contributed by atoms with van der Waals surface area (Å²) in [6.07, 6.45) is 1.82. The molecule has 0 saturated heterocycles. The van der Waals surface area contributed by atoms with E-state index in [9.17, 15) is 9.59 Å². The SMILES string of the molecule is CC1(CCC(=O)CCc2ccccc2)N=C(N)N(Cc2cccc(Cl)c2)C1=O. The molecule has 1 unspecified atom stereocenters. The quantitative estimate of drug-likeness (QED) is 0.737. The third-order valence-corrected chi connectivity index (χ3v) is 5.23. The third kappa shape index (κ3) is 4.78. The molecule has 0 aliphatic carbocycles. The highest BCUT2D eigenvalue weighted by Crippen LogP contribution is 2.28. The Morgan fingerprint density at radius 3 is 2.54 bits per heavy atom. The van der Waals surface area contributed by atoms with Gasteiger partial charge in [0, 0.05) is 17.9 Å². The van der Waals surface area contributed by atoms with Crippen molar-refractivity contribution in [3.05, 3.63) is 70.7 Å². The van der Waals surface area contributed by atoms with Crippen LogP contribution < -0.4 is 5.73 Å². The first-order valence-corrected chi connectivity index (χ1v) is 9.72. The van der Waals surface area contributed by atoms with Crippen LogP contribution in [0.2, 0.25) is 5.02 Å². The molecular weight excluding hydrogens is 374 g/mol. The first kappa shape index (κ1) is 20.1. The van der Waals surface area contributed by atoms with Gasteiger partial charge in [-0.1, -0.05) is 54.1 Å². The molecule has 5 nitrogen and oxygen atoms in total.